The second kappa shape index (κ2) is 5.72. The lowest BCUT2D eigenvalue weighted by atomic mass is 10.2. The van der Waals surface area contributed by atoms with Crippen molar-refractivity contribution in [2.75, 3.05) is 27.2 Å². The van der Waals surface area contributed by atoms with Gasteiger partial charge in [-0.1, -0.05) is 6.58 Å². The molecule has 4 heteroatoms. The maximum atomic E-state index is 10.4. The van der Waals surface area contributed by atoms with Gasteiger partial charge in [-0.2, -0.15) is 0 Å². The zero-order chi connectivity index (χ0) is 10.4. The zero-order valence-corrected chi connectivity index (χ0v) is 8.50. The van der Waals surface area contributed by atoms with E-state index in [-0.39, 0.29) is 5.57 Å². The van der Waals surface area contributed by atoms with Gasteiger partial charge in [-0.3, -0.25) is 0 Å². The number of nitrogens with zero attached hydrogens (tertiary/aromatic N) is 1. The van der Waals surface area contributed by atoms with Crippen LogP contribution < -0.4 is 5.32 Å². The Kier molecular flexibility index (Phi) is 5.34. The van der Waals surface area contributed by atoms with E-state index in [2.05, 4.69) is 23.7 Å². The first-order valence-electron chi connectivity index (χ1n) is 4.23. The van der Waals surface area contributed by atoms with Crippen LogP contribution in [0.1, 0.15) is 6.92 Å². The molecule has 0 saturated carbocycles. The van der Waals surface area contributed by atoms with Gasteiger partial charge in [0.15, 0.2) is 0 Å². The normalized spacial score (nSPS) is 12.9. The molecule has 76 valence electrons. The monoisotopic (exact) mass is 186 g/mol. The summed E-state index contributed by atoms with van der Waals surface area (Å²) in [7, 11) is 3.97. The lowest BCUT2D eigenvalue weighted by Gasteiger charge is -2.19. The summed E-state index contributed by atoms with van der Waals surface area (Å²) in [6.07, 6.45) is 0. The van der Waals surface area contributed by atoms with Crippen LogP contribution in [0.5, 0.6) is 0 Å². The highest BCUT2D eigenvalue weighted by Gasteiger charge is 2.06. The number of rotatable bonds is 6. The van der Waals surface area contributed by atoms with Crippen LogP contribution in [-0.2, 0) is 4.79 Å². The first-order chi connectivity index (χ1) is 5.95. The molecule has 0 aliphatic rings. The summed E-state index contributed by atoms with van der Waals surface area (Å²) in [6, 6.07) is 0.390. The smallest absolute Gasteiger partial charge is 0.332 e. The summed E-state index contributed by atoms with van der Waals surface area (Å²) in [5.74, 6) is -0.940. The molecule has 1 unspecified atom stereocenters. The van der Waals surface area contributed by atoms with Crippen molar-refractivity contribution < 1.29 is 9.90 Å². The fraction of sp³-hybridized carbons (Fsp3) is 0.667. The molecule has 0 bridgehead atoms. The average molecular weight is 186 g/mol. The molecule has 0 heterocycles. The number of aliphatic carboxylic acids is 1. The maximum absolute atomic E-state index is 10.4. The molecule has 0 aromatic heterocycles. The van der Waals surface area contributed by atoms with Crippen LogP contribution in [0.3, 0.4) is 0 Å². The molecule has 0 saturated heterocycles. The third kappa shape index (κ3) is 5.38. The van der Waals surface area contributed by atoms with E-state index in [4.69, 9.17) is 5.11 Å². The van der Waals surface area contributed by atoms with E-state index in [0.717, 1.165) is 6.54 Å². The van der Waals surface area contributed by atoms with Crippen LogP contribution in [0.2, 0.25) is 0 Å². The highest BCUT2D eigenvalue weighted by atomic mass is 16.4. The summed E-state index contributed by atoms with van der Waals surface area (Å²) < 4.78 is 0. The Labute approximate surface area is 79.2 Å². The molecule has 0 spiro atoms. The van der Waals surface area contributed by atoms with E-state index in [1.165, 1.54) is 0 Å². The Morgan fingerprint density at radius 1 is 1.62 bits per heavy atom. The lowest BCUT2D eigenvalue weighted by molar-refractivity contribution is -0.132. The molecule has 0 fully saturated rings. The van der Waals surface area contributed by atoms with Crippen molar-refractivity contribution in [2.45, 2.75) is 13.0 Å². The second-order valence-corrected chi connectivity index (χ2v) is 3.35. The van der Waals surface area contributed by atoms with E-state index in [1.807, 2.05) is 14.1 Å². The SMILES string of the molecule is C=C(CNCC(C)N(C)C)C(=O)O. The van der Waals surface area contributed by atoms with Gasteiger partial charge in [0.05, 0.1) is 0 Å². The minimum absolute atomic E-state index is 0.200. The van der Waals surface area contributed by atoms with Crippen molar-refractivity contribution >= 4 is 5.97 Å². The Hall–Kier alpha value is -0.870. The number of carbonyl (C=O) groups is 1. The molecule has 0 aromatic rings. The van der Waals surface area contributed by atoms with Crippen LogP contribution in [0, 0.1) is 0 Å². The second-order valence-electron chi connectivity index (χ2n) is 3.35. The number of hydrogen-bond acceptors (Lipinski definition) is 3. The van der Waals surface area contributed by atoms with Crippen molar-refractivity contribution in [1.29, 1.82) is 0 Å². The van der Waals surface area contributed by atoms with Gasteiger partial charge < -0.3 is 15.3 Å². The molecule has 0 aliphatic heterocycles. The molecule has 0 radical (unpaired) electrons. The molecule has 0 aliphatic carbocycles. The topological polar surface area (TPSA) is 52.6 Å². The molecule has 13 heavy (non-hydrogen) atoms. The predicted octanol–water partition coefficient (Wildman–Crippen LogP) is 0.167. The first-order valence-corrected chi connectivity index (χ1v) is 4.23. The van der Waals surface area contributed by atoms with Gasteiger partial charge in [0, 0.05) is 24.7 Å². The highest BCUT2D eigenvalue weighted by molar-refractivity contribution is 5.86. The molecule has 1 atom stereocenters. The maximum Gasteiger partial charge on any atom is 0.332 e. The minimum atomic E-state index is -0.940. The van der Waals surface area contributed by atoms with Crippen molar-refractivity contribution in [3.8, 4) is 0 Å². The van der Waals surface area contributed by atoms with Crippen molar-refractivity contribution in [3.05, 3.63) is 12.2 Å². The number of carboxylic acids is 1. The van der Waals surface area contributed by atoms with E-state index in [1.54, 1.807) is 0 Å². The largest absolute Gasteiger partial charge is 0.478 e. The molecular weight excluding hydrogens is 168 g/mol. The molecule has 0 rings (SSSR count). The van der Waals surface area contributed by atoms with Crippen LogP contribution in [-0.4, -0.2) is 49.2 Å². The van der Waals surface area contributed by atoms with E-state index in [0.29, 0.717) is 12.6 Å². The van der Waals surface area contributed by atoms with Crippen LogP contribution in [0.15, 0.2) is 12.2 Å². The first kappa shape index (κ1) is 12.1. The Bertz CT molecular complexity index is 190. The molecule has 4 nitrogen and oxygen atoms in total. The zero-order valence-electron chi connectivity index (χ0n) is 8.50. The molecule has 2 N–H and O–H groups in total. The van der Waals surface area contributed by atoms with Crippen LogP contribution in [0.25, 0.3) is 0 Å². The van der Waals surface area contributed by atoms with Gasteiger partial charge in [0.2, 0.25) is 0 Å². The molecule has 0 amide bonds. The van der Waals surface area contributed by atoms with E-state index in [9.17, 15) is 4.79 Å². The van der Waals surface area contributed by atoms with E-state index >= 15 is 0 Å². The van der Waals surface area contributed by atoms with Crippen molar-refractivity contribution in [3.63, 3.8) is 0 Å². The summed E-state index contributed by atoms with van der Waals surface area (Å²) in [4.78, 5) is 12.4. The Morgan fingerprint density at radius 3 is 2.54 bits per heavy atom. The van der Waals surface area contributed by atoms with Gasteiger partial charge >= 0.3 is 5.97 Å². The molecule has 0 aromatic carbocycles. The number of nitrogens with one attached hydrogen (secondary N) is 1. The van der Waals surface area contributed by atoms with Crippen molar-refractivity contribution in [2.24, 2.45) is 0 Å². The Morgan fingerprint density at radius 2 is 2.15 bits per heavy atom. The summed E-state index contributed by atoms with van der Waals surface area (Å²) in [6.45, 7) is 6.59. The van der Waals surface area contributed by atoms with Crippen molar-refractivity contribution in [1.82, 2.24) is 10.2 Å². The van der Waals surface area contributed by atoms with Crippen LogP contribution >= 0.6 is 0 Å². The quantitative estimate of drug-likeness (QED) is 0.580. The highest BCUT2D eigenvalue weighted by Crippen LogP contribution is 1.90. The molecular formula is C9H18N2O2. The van der Waals surface area contributed by atoms with Gasteiger partial charge in [0.25, 0.3) is 0 Å². The third-order valence-electron chi connectivity index (χ3n) is 1.96. The standard InChI is InChI=1S/C9H18N2O2/c1-7(9(12)13)5-10-6-8(2)11(3)4/h8,10H,1,5-6H2,2-4H3,(H,12,13). The summed E-state index contributed by atoms with van der Waals surface area (Å²) in [5.41, 5.74) is 0.200. The fourth-order valence-electron chi connectivity index (χ4n) is 0.690. The van der Waals surface area contributed by atoms with Crippen LogP contribution in [0.4, 0.5) is 0 Å². The number of hydrogen-bond donors (Lipinski definition) is 2. The fourth-order valence-corrected chi connectivity index (χ4v) is 0.690. The summed E-state index contributed by atoms with van der Waals surface area (Å²) >= 11 is 0. The Balaban J connectivity index is 3.56. The predicted molar refractivity (Wildman–Crippen MR) is 52.8 cm³/mol. The lowest BCUT2D eigenvalue weighted by Crippen LogP contribution is -2.36. The van der Waals surface area contributed by atoms with E-state index < -0.39 is 5.97 Å². The van der Waals surface area contributed by atoms with Gasteiger partial charge in [-0.15, -0.1) is 0 Å². The third-order valence-corrected chi connectivity index (χ3v) is 1.96. The number of carboxylic acid groups (broad SMARTS) is 1. The number of likely N-dealkylation sites (N-methyl/N-ethyl adjacent to an activating group) is 1. The van der Waals surface area contributed by atoms with Gasteiger partial charge in [-0.25, -0.2) is 4.79 Å². The summed E-state index contributed by atoms with van der Waals surface area (Å²) in [5, 5.41) is 11.5. The average Bonchev–Trinajstić information content (AvgIpc) is 2.03. The minimum Gasteiger partial charge on any atom is -0.478 e. The van der Waals surface area contributed by atoms with Gasteiger partial charge in [0.1, 0.15) is 0 Å². The van der Waals surface area contributed by atoms with Gasteiger partial charge in [-0.05, 0) is 21.0 Å².